The van der Waals surface area contributed by atoms with Gasteiger partial charge < -0.3 is 4.74 Å². The molecule has 3 aromatic heterocycles. The van der Waals surface area contributed by atoms with Crippen LogP contribution >= 0.6 is 34.5 Å². The molecule has 0 spiro atoms. The molecule has 0 atom stereocenters. The molecule has 4 fully saturated rings. The Morgan fingerprint density at radius 2 is 1.75 bits per heavy atom. The smallest absolute Gasteiger partial charge is 0.204 e. The maximum absolute atomic E-state index is 6.87. The summed E-state index contributed by atoms with van der Waals surface area (Å²) in [6, 6.07) is 11.8. The molecular weight excluding hydrogens is 565 g/mol. The predicted molar refractivity (Wildman–Crippen MR) is 156 cm³/mol. The number of H-pyrrole nitrogens is 2. The van der Waals surface area contributed by atoms with Crippen LogP contribution in [0.5, 0.6) is 0 Å². The fourth-order valence-electron chi connectivity index (χ4n) is 6.65. The lowest BCUT2D eigenvalue weighted by molar-refractivity contribution is -0.126. The minimum absolute atomic E-state index is 0.107. The summed E-state index contributed by atoms with van der Waals surface area (Å²) >= 11 is 15.0. The third-order valence-corrected chi connectivity index (χ3v) is 11.1. The van der Waals surface area contributed by atoms with Gasteiger partial charge in [0.05, 0.1) is 37.5 Å². The van der Waals surface area contributed by atoms with Crippen LogP contribution in [0.15, 0.2) is 36.4 Å². The second kappa shape index (κ2) is 9.34. The third kappa shape index (κ3) is 4.09. The Morgan fingerprint density at radius 3 is 2.45 bits per heavy atom. The normalized spacial score (nSPS) is 24.2. The summed E-state index contributed by atoms with van der Waals surface area (Å²) in [7, 11) is 0. The number of nitrogens with one attached hydrogen (secondary N) is 2. The van der Waals surface area contributed by atoms with E-state index >= 15 is 0 Å². The molecule has 4 aliphatic rings. The zero-order valence-corrected chi connectivity index (χ0v) is 24.0. The van der Waals surface area contributed by atoms with Crippen molar-refractivity contribution >= 4 is 44.8 Å². The Balaban J connectivity index is 1.03. The van der Waals surface area contributed by atoms with Crippen molar-refractivity contribution in [2.24, 2.45) is 0 Å². The molecule has 9 rings (SSSR count). The lowest BCUT2D eigenvalue weighted by atomic mass is 9.59. The van der Waals surface area contributed by atoms with Gasteiger partial charge in [-0.15, -0.1) is 21.5 Å². The summed E-state index contributed by atoms with van der Waals surface area (Å²) in [6.45, 7) is 0.520. The van der Waals surface area contributed by atoms with Gasteiger partial charge in [-0.05, 0) is 86.9 Å². The fourth-order valence-corrected chi connectivity index (χ4v) is 8.51. The molecule has 5 aromatic rings. The molecule has 0 unspecified atom stereocenters. The van der Waals surface area contributed by atoms with Crippen molar-refractivity contribution in [3.63, 3.8) is 0 Å². The number of aromatic amines is 2. The van der Waals surface area contributed by atoms with Crippen LogP contribution in [-0.2, 0) is 16.8 Å². The molecule has 11 heteroatoms. The van der Waals surface area contributed by atoms with E-state index in [2.05, 4.69) is 37.9 Å². The number of hydrogen-bond donors (Lipinski definition) is 2. The minimum Gasteiger partial charge on any atom is -0.370 e. The first-order chi connectivity index (χ1) is 19.5. The summed E-state index contributed by atoms with van der Waals surface area (Å²) in [5.74, 6) is 1.12. The summed E-state index contributed by atoms with van der Waals surface area (Å²) < 4.78 is 8.04. The second-order valence-electron chi connectivity index (χ2n) is 11.5. The number of ether oxygens (including phenoxy) is 1. The maximum atomic E-state index is 6.87. The number of fused-ring (bicyclic) bond motifs is 4. The SMILES string of the molecule is Clc1cccc(Cl)c1-c1n[nH]c(C2CC2)c1COC12CCC(c3nc4ccc(-c5nn[nH]n5)cc4s3)(CC1)CC2. The van der Waals surface area contributed by atoms with Gasteiger partial charge in [0, 0.05) is 33.7 Å². The molecule has 0 amide bonds. The van der Waals surface area contributed by atoms with Crippen LogP contribution in [-0.4, -0.2) is 41.4 Å². The number of halogens is 2. The quantitative estimate of drug-likeness (QED) is 0.202. The number of rotatable bonds is 7. The van der Waals surface area contributed by atoms with Gasteiger partial charge in [-0.1, -0.05) is 29.3 Å². The highest BCUT2D eigenvalue weighted by Crippen LogP contribution is 2.56. The van der Waals surface area contributed by atoms with E-state index in [9.17, 15) is 0 Å². The fraction of sp³-hybridized carbons (Fsp3) is 0.414. The maximum Gasteiger partial charge on any atom is 0.204 e. The molecule has 2 N–H and O–H groups in total. The summed E-state index contributed by atoms with van der Waals surface area (Å²) in [5.41, 5.74) is 5.92. The van der Waals surface area contributed by atoms with E-state index in [1.807, 2.05) is 35.6 Å². The minimum atomic E-state index is -0.107. The van der Waals surface area contributed by atoms with E-state index in [0.29, 0.717) is 28.4 Å². The third-order valence-electron chi connectivity index (χ3n) is 9.23. The van der Waals surface area contributed by atoms with Gasteiger partial charge in [-0.2, -0.15) is 10.3 Å². The van der Waals surface area contributed by atoms with Crippen LogP contribution in [0.2, 0.25) is 10.0 Å². The van der Waals surface area contributed by atoms with Gasteiger partial charge in [0.2, 0.25) is 5.82 Å². The topological polar surface area (TPSA) is 105 Å². The summed E-state index contributed by atoms with van der Waals surface area (Å²) in [6.07, 6.45) is 8.74. The molecule has 3 heterocycles. The van der Waals surface area contributed by atoms with Crippen molar-refractivity contribution in [2.45, 2.75) is 74.9 Å². The number of thiazole rings is 1. The summed E-state index contributed by atoms with van der Waals surface area (Å²) in [5, 5.41) is 24.9. The predicted octanol–water partition coefficient (Wildman–Crippen LogP) is 7.61. The number of tetrazole rings is 1. The molecule has 4 aliphatic carbocycles. The zero-order chi connectivity index (χ0) is 26.9. The van der Waals surface area contributed by atoms with Gasteiger partial charge in [0.15, 0.2) is 0 Å². The van der Waals surface area contributed by atoms with Crippen molar-refractivity contribution < 1.29 is 4.74 Å². The van der Waals surface area contributed by atoms with Gasteiger partial charge in [-0.25, -0.2) is 4.98 Å². The molecule has 8 nitrogen and oxygen atoms in total. The van der Waals surface area contributed by atoms with Gasteiger partial charge in [0.25, 0.3) is 0 Å². The first kappa shape index (κ1) is 24.9. The number of hydrogen-bond acceptors (Lipinski definition) is 7. The van der Waals surface area contributed by atoms with Gasteiger partial charge in [0.1, 0.15) is 5.69 Å². The zero-order valence-electron chi connectivity index (χ0n) is 21.7. The second-order valence-corrected chi connectivity index (χ2v) is 13.4. The first-order valence-electron chi connectivity index (χ1n) is 13.8. The molecular formula is C29H27Cl2N7OS. The van der Waals surface area contributed by atoms with Crippen LogP contribution in [0.3, 0.4) is 0 Å². The largest absolute Gasteiger partial charge is 0.370 e. The van der Waals surface area contributed by atoms with Crippen molar-refractivity contribution in [3.05, 3.63) is 62.7 Å². The highest BCUT2D eigenvalue weighted by Gasteiger charge is 2.51. The Hall–Kier alpha value is -2.85. The molecule has 40 heavy (non-hydrogen) atoms. The Kier molecular flexibility index (Phi) is 5.82. The molecule has 2 aromatic carbocycles. The van der Waals surface area contributed by atoms with Gasteiger partial charge in [-0.3, -0.25) is 5.10 Å². The summed E-state index contributed by atoms with van der Waals surface area (Å²) in [4.78, 5) is 5.11. The number of benzene rings is 2. The van der Waals surface area contributed by atoms with E-state index in [1.165, 1.54) is 28.2 Å². The van der Waals surface area contributed by atoms with E-state index in [-0.39, 0.29) is 11.0 Å². The molecule has 0 aliphatic heterocycles. The monoisotopic (exact) mass is 591 g/mol. The van der Waals surface area contributed by atoms with Crippen LogP contribution in [0.25, 0.3) is 32.9 Å². The lowest BCUT2D eigenvalue weighted by Gasteiger charge is -2.52. The molecule has 0 saturated heterocycles. The number of aromatic nitrogens is 7. The highest BCUT2D eigenvalue weighted by atomic mass is 35.5. The van der Waals surface area contributed by atoms with E-state index in [4.69, 9.17) is 38.0 Å². The molecule has 0 radical (unpaired) electrons. The van der Waals surface area contributed by atoms with Crippen LogP contribution in [0, 0.1) is 0 Å². The Labute approximate surface area is 244 Å². The first-order valence-corrected chi connectivity index (χ1v) is 15.4. The molecule has 4 saturated carbocycles. The number of nitrogens with zero attached hydrogens (tertiary/aromatic N) is 5. The van der Waals surface area contributed by atoms with Crippen LogP contribution < -0.4 is 0 Å². The van der Waals surface area contributed by atoms with Crippen molar-refractivity contribution in [1.82, 2.24) is 35.8 Å². The Morgan fingerprint density at radius 1 is 0.975 bits per heavy atom. The van der Waals surface area contributed by atoms with Crippen molar-refractivity contribution in [1.29, 1.82) is 0 Å². The van der Waals surface area contributed by atoms with E-state index in [0.717, 1.165) is 66.4 Å². The molecule has 204 valence electrons. The van der Waals surface area contributed by atoms with Crippen LogP contribution in [0.1, 0.15) is 73.5 Å². The van der Waals surface area contributed by atoms with Crippen LogP contribution in [0.4, 0.5) is 0 Å². The van der Waals surface area contributed by atoms with Crippen molar-refractivity contribution in [2.75, 3.05) is 0 Å². The Bertz CT molecular complexity index is 1680. The van der Waals surface area contributed by atoms with Crippen molar-refractivity contribution in [3.8, 4) is 22.6 Å². The average molecular weight is 593 g/mol. The van der Waals surface area contributed by atoms with E-state index < -0.39 is 0 Å². The molecule has 2 bridgehead atoms. The van der Waals surface area contributed by atoms with E-state index in [1.54, 1.807) is 0 Å². The lowest BCUT2D eigenvalue weighted by Crippen LogP contribution is -2.49. The standard InChI is InChI=1S/C29H27Cl2N7OS/c30-19-2-1-3-20(31)23(19)25-18(24(33-34-25)16-4-5-16)15-39-29-11-8-28(9-12-29,10-13-29)27-32-21-7-6-17(14-22(21)40-27)26-35-37-38-36-26/h1-3,6-7,14,16H,4-5,8-13,15H2,(H,33,34)(H,35,36,37,38). The van der Waals surface area contributed by atoms with Gasteiger partial charge >= 0.3 is 0 Å². The highest BCUT2D eigenvalue weighted by molar-refractivity contribution is 7.18. The average Bonchev–Trinajstić information content (AvgIpc) is 3.35.